The summed E-state index contributed by atoms with van der Waals surface area (Å²) in [5, 5.41) is 3.64. The lowest BCUT2D eigenvalue weighted by Gasteiger charge is -2.45. The fourth-order valence-corrected chi connectivity index (χ4v) is 3.31. The fraction of sp³-hybridized carbons (Fsp3) is 0.562. The molecule has 20 heavy (non-hydrogen) atoms. The number of piperidine rings is 3. The summed E-state index contributed by atoms with van der Waals surface area (Å²) in [7, 11) is 3.56. The van der Waals surface area contributed by atoms with Gasteiger partial charge in [0.25, 0.3) is 5.91 Å². The highest BCUT2D eigenvalue weighted by atomic mass is 16.2. The van der Waals surface area contributed by atoms with E-state index in [2.05, 4.69) is 10.2 Å². The van der Waals surface area contributed by atoms with Gasteiger partial charge < -0.3 is 15.1 Å². The van der Waals surface area contributed by atoms with Crippen molar-refractivity contribution in [1.29, 1.82) is 0 Å². The second-order valence-corrected chi connectivity index (χ2v) is 6.17. The van der Waals surface area contributed by atoms with Gasteiger partial charge in [0.05, 0.1) is 0 Å². The number of fused-ring (bicyclic) bond motifs is 3. The monoisotopic (exact) mass is 273 g/mol. The first kappa shape index (κ1) is 13.4. The van der Waals surface area contributed by atoms with Gasteiger partial charge in [-0.15, -0.1) is 0 Å². The summed E-state index contributed by atoms with van der Waals surface area (Å²) in [5.41, 5.74) is 1.87. The minimum atomic E-state index is 0.0550. The third-order valence-corrected chi connectivity index (χ3v) is 4.55. The van der Waals surface area contributed by atoms with Crippen LogP contribution >= 0.6 is 0 Å². The largest absolute Gasteiger partial charge is 0.381 e. The quantitative estimate of drug-likeness (QED) is 0.913. The van der Waals surface area contributed by atoms with E-state index >= 15 is 0 Å². The van der Waals surface area contributed by atoms with Gasteiger partial charge in [0.15, 0.2) is 0 Å². The van der Waals surface area contributed by atoms with Crippen LogP contribution < -0.4 is 5.32 Å². The molecule has 3 fully saturated rings. The van der Waals surface area contributed by atoms with E-state index in [1.165, 1.54) is 25.9 Å². The van der Waals surface area contributed by atoms with Crippen molar-refractivity contribution in [3.05, 3.63) is 29.8 Å². The third-order valence-electron chi connectivity index (χ3n) is 4.55. The van der Waals surface area contributed by atoms with Crippen LogP contribution in [0.1, 0.15) is 23.2 Å². The van der Waals surface area contributed by atoms with E-state index in [0.29, 0.717) is 6.04 Å². The molecule has 0 aliphatic carbocycles. The van der Waals surface area contributed by atoms with Crippen molar-refractivity contribution in [2.24, 2.45) is 5.92 Å². The summed E-state index contributed by atoms with van der Waals surface area (Å²) in [5.74, 6) is 0.863. The predicted molar refractivity (Wildman–Crippen MR) is 81.0 cm³/mol. The number of hydrogen-bond acceptors (Lipinski definition) is 3. The molecule has 4 nitrogen and oxygen atoms in total. The number of benzene rings is 1. The molecule has 4 rings (SSSR count). The third kappa shape index (κ3) is 2.66. The molecule has 0 spiro atoms. The second-order valence-electron chi connectivity index (χ2n) is 6.17. The lowest BCUT2D eigenvalue weighted by molar-refractivity contribution is 0.0827. The van der Waals surface area contributed by atoms with Crippen LogP contribution in [0.25, 0.3) is 0 Å². The van der Waals surface area contributed by atoms with Crippen molar-refractivity contribution in [3.63, 3.8) is 0 Å². The number of nitrogens with one attached hydrogen (secondary N) is 1. The van der Waals surface area contributed by atoms with Gasteiger partial charge in [-0.2, -0.15) is 0 Å². The Labute approximate surface area is 120 Å². The van der Waals surface area contributed by atoms with Gasteiger partial charge in [-0.1, -0.05) is 0 Å². The number of hydrogen-bond donors (Lipinski definition) is 1. The Morgan fingerprint density at radius 2 is 1.85 bits per heavy atom. The molecule has 0 radical (unpaired) electrons. The van der Waals surface area contributed by atoms with Crippen molar-refractivity contribution in [3.8, 4) is 0 Å². The lowest BCUT2D eigenvalue weighted by Crippen LogP contribution is -2.53. The highest BCUT2D eigenvalue weighted by molar-refractivity contribution is 5.94. The highest BCUT2D eigenvalue weighted by Gasteiger charge is 2.33. The molecule has 4 heteroatoms. The molecule has 1 unspecified atom stereocenters. The molecule has 1 N–H and O–H groups in total. The fourth-order valence-electron chi connectivity index (χ4n) is 3.31. The maximum Gasteiger partial charge on any atom is 0.253 e. The smallest absolute Gasteiger partial charge is 0.253 e. The maximum atomic E-state index is 11.8. The van der Waals surface area contributed by atoms with Crippen molar-refractivity contribution in [2.75, 3.05) is 39.0 Å². The highest BCUT2D eigenvalue weighted by Crippen LogP contribution is 2.29. The van der Waals surface area contributed by atoms with E-state index in [1.807, 2.05) is 24.3 Å². The summed E-state index contributed by atoms with van der Waals surface area (Å²) in [4.78, 5) is 16.0. The Bertz CT molecular complexity index is 475. The first-order valence-corrected chi connectivity index (χ1v) is 7.44. The summed E-state index contributed by atoms with van der Waals surface area (Å²) < 4.78 is 0. The Morgan fingerprint density at radius 3 is 2.35 bits per heavy atom. The normalized spacial score (nSPS) is 28.2. The van der Waals surface area contributed by atoms with E-state index in [9.17, 15) is 4.79 Å². The van der Waals surface area contributed by atoms with Gasteiger partial charge in [-0.05, 0) is 56.1 Å². The average molecular weight is 273 g/mol. The number of anilines is 1. The summed E-state index contributed by atoms with van der Waals surface area (Å²) in [6.45, 7) is 3.68. The molecular formula is C16H23N3O. The zero-order valence-corrected chi connectivity index (χ0v) is 12.3. The molecule has 108 valence electrons. The molecule has 2 bridgehead atoms. The Kier molecular flexibility index (Phi) is 3.66. The van der Waals surface area contributed by atoms with Crippen LogP contribution in [0.3, 0.4) is 0 Å². The summed E-state index contributed by atoms with van der Waals surface area (Å²) >= 11 is 0. The Morgan fingerprint density at radius 1 is 1.20 bits per heavy atom. The lowest BCUT2D eigenvalue weighted by atomic mass is 9.84. The number of carbonyl (C=O) groups excluding carboxylic acids is 1. The van der Waals surface area contributed by atoms with Gasteiger partial charge in [0, 0.05) is 37.9 Å². The molecule has 3 aliphatic rings. The van der Waals surface area contributed by atoms with Crippen LogP contribution in [0, 0.1) is 5.92 Å². The number of carbonyl (C=O) groups is 1. The Hall–Kier alpha value is -1.55. The molecule has 0 saturated carbocycles. The van der Waals surface area contributed by atoms with Crippen LogP contribution in [0.4, 0.5) is 5.69 Å². The zero-order valence-electron chi connectivity index (χ0n) is 12.3. The molecule has 1 aromatic rings. The van der Waals surface area contributed by atoms with E-state index in [1.54, 1.807) is 19.0 Å². The second kappa shape index (κ2) is 5.44. The van der Waals surface area contributed by atoms with Gasteiger partial charge in [0.2, 0.25) is 0 Å². The van der Waals surface area contributed by atoms with Gasteiger partial charge >= 0.3 is 0 Å². The standard InChI is InChI=1S/C16H23N3O/c1-18(2)16(20)13-3-5-14(6-4-13)17-15-11-19-9-7-12(15)8-10-19/h3-6,12,15,17H,7-11H2,1-2H3. The van der Waals surface area contributed by atoms with Gasteiger partial charge in [-0.25, -0.2) is 0 Å². The van der Waals surface area contributed by atoms with Crippen LogP contribution in [0.5, 0.6) is 0 Å². The van der Waals surface area contributed by atoms with E-state index < -0.39 is 0 Å². The minimum Gasteiger partial charge on any atom is -0.381 e. The van der Waals surface area contributed by atoms with Crippen molar-refractivity contribution in [2.45, 2.75) is 18.9 Å². The minimum absolute atomic E-state index is 0.0550. The van der Waals surface area contributed by atoms with Crippen molar-refractivity contribution >= 4 is 11.6 Å². The topological polar surface area (TPSA) is 35.6 Å². The molecular weight excluding hydrogens is 250 g/mol. The average Bonchev–Trinajstić information content (AvgIpc) is 2.48. The van der Waals surface area contributed by atoms with Crippen LogP contribution in [0.15, 0.2) is 24.3 Å². The molecule has 1 aromatic carbocycles. The van der Waals surface area contributed by atoms with E-state index in [0.717, 1.165) is 23.7 Å². The predicted octanol–water partition coefficient (Wildman–Crippen LogP) is 1.89. The van der Waals surface area contributed by atoms with Crippen molar-refractivity contribution in [1.82, 2.24) is 9.80 Å². The van der Waals surface area contributed by atoms with E-state index in [-0.39, 0.29) is 5.91 Å². The van der Waals surface area contributed by atoms with Gasteiger partial charge in [0.1, 0.15) is 0 Å². The molecule has 3 aliphatic heterocycles. The number of amides is 1. The van der Waals surface area contributed by atoms with Crippen LogP contribution in [0.2, 0.25) is 0 Å². The maximum absolute atomic E-state index is 11.8. The van der Waals surface area contributed by atoms with Crippen molar-refractivity contribution < 1.29 is 4.79 Å². The number of nitrogens with zero attached hydrogens (tertiary/aromatic N) is 2. The first-order chi connectivity index (χ1) is 9.63. The van der Waals surface area contributed by atoms with Gasteiger partial charge in [-0.3, -0.25) is 4.79 Å². The summed E-state index contributed by atoms with van der Waals surface area (Å²) in [6.07, 6.45) is 2.63. The van der Waals surface area contributed by atoms with Crippen LogP contribution in [-0.2, 0) is 0 Å². The molecule has 3 heterocycles. The molecule has 3 saturated heterocycles. The molecule has 1 atom stereocenters. The zero-order chi connectivity index (χ0) is 14.1. The van der Waals surface area contributed by atoms with E-state index in [4.69, 9.17) is 0 Å². The number of rotatable bonds is 3. The molecule has 1 amide bonds. The molecule has 0 aromatic heterocycles. The summed E-state index contributed by atoms with van der Waals surface area (Å²) in [6, 6.07) is 8.42. The van der Waals surface area contributed by atoms with Crippen LogP contribution in [-0.4, -0.2) is 55.5 Å². The Balaban J connectivity index is 1.65. The SMILES string of the molecule is CN(C)C(=O)c1ccc(NC2CN3CCC2CC3)cc1. The first-order valence-electron chi connectivity index (χ1n) is 7.44.